The molecule has 1 fully saturated rings. The largest absolute Gasteiger partial charge is 0.370 e. The molecule has 0 aliphatic heterocycles. The lowest BCUT2D eigenvalue weighted by atomic mass is 10.1. The van der Waals surface area contributed by atoms with Crippen molar-refractivity contribution in [2.24, 2.45) is 11.7 Å². The van der Waals surface area contributed by atoms with Crippen molar-refractivity contribution in [1.82, 2.24) is 15.5 Å². The number of urea groups is 1. The van der Waals surface area contributed by atoms with Gasteiger partial charge in [-0.25, -0.2) is 4.79 Å². The number of hydrogen-bond donors (Lipinski definition) is 3. The standard InChI is InChI=1S/C9H13N5O2S/c10-7(15)3-6(5-1-2-5)12-8(16)13-9-14-11-4-17-9/h4-6H,1-3H2,(H2,10,15)(H2,12,13,14,16). The third kappa shape index (κ3) is 3.66. The number of carbonyl (C=O) groups is 2. The molecular weight excluding hydrogens is 242 g/mol. The summed E-state index contributed by atoms with van der Waals surface area (Å²) in [5.74, 6) is -0.0409. The van der Waals surface area contributed by atoms with Crippen molar-refractivity contribution in [2.75, 3.05) is 5.32 Å². The maximum absolute atomic E-state index is 11.6. The maximum Gasteiger partial charge on any atom is 0.321 e. The average Bonchev–Trinajstić information content (AvgIpc) is 2.97. The first-order valence-electron chi connectivity index (χ1n) is 5.27. The Bertz CT molecular complexity index is 404. The Labute approximate surface area is 102 Å². The normalized spacial score (nSPS) is 16.2. The van der Waals surface area contributed by atoms with Gasteiger partial charge in [-0.3, -0.25) is 10.1 Å². The summed E-state index contributed by atoms with van der Waals surface area (Å²) < 4.78 is 0. The highest BCUT2D eigenvalue weighted by atomic mass is 32.1. The monoisotopic (exact) mass is 255 g/mol. The first kappa shape index (κ1) is 11.8. The van der Waals surface area contributed by atoms with Crippen molar-refractivity contribution in [3.8, 4) is 0 Å². The van der Waals surface area contributed by atoms with Gasteiger partial charge >= 0.3 is 6.03 Å². The number of nitrogens with one attached hydrogen (secondary N) is 2. The van der Waals surface area contributed by atoms with Gasteiger partial charge in [0.1, 0.15) is 5.51 Å². The van der Waals surface area contributed by atoms with Crippen molar-refractivity contribution in [3.05, 3.63) is 5.51 Å². The van der Waals surface area contributed by atoms with Crippen molar-refractivity contribution in [2.45, 2.75) is 25.3 Å². The topological polar surface area (TPSA) is 110 Å². The number of amides is 3. The second kappa shape index (κ2) is 5.09. The molecule has 0 radical (unpaired) electrons. The van der Waals surface area contributed by atoms with Crippen LogP contribution in [-0.2, 0) is 4.79 Å². The predicted molar refractivity (Wildman–Crippen MR) is 62.4 cm³/mol. The van der Waals surface area contributed by atoms with E-state index in [0.29, 0.717) is 11.0 Å². The SMILES string of the molecule is NC(=O)CC(NC(=O)Nc1nncs1)C1CC1. The van der Waals surface area contributed by atoms with Gasteiger partial charge in [-0.1, -0.05) is 11.3 Å². The van der Waals surface area contributed by atoms with E-state index in [-0.39, 0.29) is 18.5 Å². The van der Waals surface area contributed by atoms with Crippen LogP contribution in [0.5, 0.6) is 0 Å². The minimum atomic E-state index is -0.405. The Hall–Kier alpha value is -1.70. The molecule has 1 saturated carbocycles. The molecule has 92 valence electrons. The highest BCUT2D eigenvalue weighted by Crippen LogP contribution is 2.33. The van der Waals surface area contributed by atoms with Gasteiger partial charge in [0, 0.05) is 12.5 Å². The molecule has 1 aromatic rings. The van der Waals surface area contributed by atoms with Gasteiger partial charge in [0.2, 0.25) is 11.0 Å². The van der Waals surface area contributed by atoms with Crippen molar-refractivity contribution < 1.29 is 9.59 Å². The summed E-state index contributed by atoms with van der Waals surface area (Å²) in [4.78, 5) is 22.5. The lowest BCUT2D eigenvalue weighted by Gasteiger charge is -2.16. The van der Waals surface area contributed by atoms with Crippen LogP contribution < -0.4 is 16.4 Å². The van der Waals surface area contributed by atoms with Crippen LogP contribution in [0.2, 0.25) is 0 Å². The van der Waals surface area contributed by atoms with E-state index in [4.69, 9.17) is 5.73 Å². The van der Waals surface area contributed by atoms with E-state index >= 15 is 0 Å². The minimum Gasteiger partial charge on any atom is -0.370 e. The fourth-order valence-electron chi connectivity index (χ4n) is 1.58. The van der Waals surface area contributed by atoms with Crippen LogP contribution in [0, 0.1) is 5.92 Å². The smallest absolute Gasteiger partial charge is 0.321 e. The van der Waals surface area contributed by atoms with Crippen molar-refractivity contribution >= 4 is 28.4 Å². The zero-order valence-corrected chi connectivity index (χ0v) is 9.87. The van der Waals surface area contributed by atoms with Gasteiger partial charge < -0.3 is 11.1 Å². The molecule has 0 spiro atoms. The molecule has 0 bridgehead atoms. The van der Waals surface area contributed by atoms with Crippen molar-refractivity contribution in [3.63, 3.8) is 0 Å². The van der Waals surface area contributed by atoms with Gasteiger partial charge in [0.25, 0.3) is 0 Å². The first-order chi connectivity index (χ1) is 8.15. The Morgan fingerprint density at radius 3 is 2.88 bits per heavy atom. The molecule has 2 rings (SSSR count). The van der Waals surface area contributed by atoms with Crippen LogP contribution >= 0.6 is 11.3 Å². The molecule has 4 N–H and O–H groups in total. The van der Waals surface area contributed by atoms with E-state index in [1.54, 1.807) is 0 Å². The molecule has 1 aliphatic carbocycles. The Morgan fingerprint density at radius 1 is 1.59 bits per heavy atom. The zero-order chi connectivity index (χ0) is 12.3. The van der Waals surface area contributed by atoms with Gasteiger partial charge in [-0.15, -0.1) is 10.2 Å². The molecule has 1 unspecified atom stereocenters. The highest BCUT2D eigenvalue weighted by molar-refractivity contribution is 7.13. The van der Waals surface area contributed by atoms with Crippen LogP contribution in [0.3, 0.4) is 0 Å². The fraction of sp³-hybridized carbons (Fsp3) is 0.556. The van der Waals surface area contributed by atoms with Crippen LogP contribution in [0.1, 0.15) is 19.3 Å². The second-order valence-corrected chi connectivity index (χ2v) is 4.79. The summed E-state index contributed by atoms with van der Waals surface area (Å²) in [7, 11) is 0. The summed E-state index contributed by atoms with van der Waals surface area (Å²) in [6, 6.07) is -0.555. The summed E-state index contributed by atoms with van der Waals surface area (Å²) in [6.07, 6.45) is 2.22. The third-order valence-electron chi connectivity index (χ3n) is 2.51. The molecule has 1 aromatic heterocycles. The molecule has 3 amide bonds. The van der Waals surface area contributed by atoms with Crippen LogP contribution in [0.25, 0.3) is 0 Å². The number of primary amides is 1. The number of nitrogens with two attached hydrogens (primary N) is 1. The van der Waals surface area contributed by atoms with Gasteiger partial charge in [0.15, 0.2) is 0 Å². The summed E-state index contributed by atoms with van der Waals surface area (Å²) in [5.41, 5.74) is 6.66. The summed E-state index contributed by atoms with van der Waals surface area (Å²) in [6.45, 7) is 0. The van der Waals surface area contributed by atoms with Crippen LogP contribution in [0.4, 0.5) is 9.93 Å². The molecule has 1 aliphatic rings. The quantitative estimate of drug-likeness (QED) is 0.703. The molecular formula is C9H13N5O2S. The lowest BCUT2D eigenvalue weighted by molar-refractivity contribution is -0.118. The van der Waals surface area contributed by atoms with E-state index < -0.39 is 5.91 Å². The maximum atomic E-state index is 11.6. The second-order valence-electron chi connectivity index (χ2n) is 3.96. The predicted octanol–water partition coefficient (Wildman–Crippen LogP) is 0.314. The Balaban J connectivity index is 1.84. The van der Waals surface area contributed by atoms with E-state index in [1.165, 1.54) is 16.8 Å². The number of carbonyl (C=O) groups excluding carboxylic acids is 2. The molecule has 1 heterocycles. The summed E-state index contributed by atoms with van der Waals surface area (Å²) >= 11 is 1.23. The van der Waals surface area contributed by atoms with Gasteiger partial charge in [-0.2, -0.15) is 0 Å². The van der Waals surface area contributed by atoms with E-state index in [0.717, 1.165) is 12.8 Å². The molecule has 17 heavy (non-hydrogen) atoms. The highest BCUT2D eigenvalue weighted by Gasteiger charge is 2.33. The van der Waals surface area contributed by atoms with Gasteiger partial charge in [0.05, 0.1) is 0 Å². The van der Waals surface area contributed by atoms with E-state index in [9.17, 15) is 9.59 Å². The molecule has 0 aromatic carbocycles. The molecule has 1 atom stereocenters. The number of aromatic nitrogens is 2. The number of anilines is 1. The van der Waals surface area contributed by atoms with E-state index in [1.807, 2.05) is 0 Å². The molecule has 7 nitrogen and oxygen atoms in total. The summed E-state index contributed by atoms with van der Waals surface area (Å²) in [5, 5.41) is 13.0. The number of hydrogen-bond acceptors (Lipinski definition) is 5. The van der Waals surface area contributed by atoms with E-state index in [2.05, 4.69) is 20.8 Å². The average molecular weight is 255 g/mol. The zero-order valence-electron chi connectivity index (χ0n) is 9.05. The number of nitrogens with zero attached hydrogens (tertiary/aromatic N) is 2. The minimum absolute atomic E-state index is 0.175. The fourth-order valence-corrected chi connectivity index (χ4v) is 2.02. The van der Waals surface area contributed by atoms with Crippen LogP contribution in [-0.4, -0.2) is 28.2 Å². The third-order valence-corrected chi connectivity index (χ3v) is 3.12. The first-order valence-corrected chi connectivity index (χ1v) is 6.15. The molecule has 0 saturated heterocycles. The Kier molecular flexibility index (Phi) is 3.52. The van der Waals surface area contributed by atoms with Crippen LogP contribution in [0.15, 0.2) is 5.51 Å². The number of rotatable bonds is 5. The van der Waals surface area contributed by atoms with Gasteiger partial charge in [-0.05, 0) is 18.8 Å². The van der Waals surface area contributed by atoms with Crippen molar-refractivity contribution in [1.29, 1.82) is 0 Å². The lowest BCUT2D eigenvalue weighted by Crippen LogP contribution is -2.41. The molecule has 8 heteroatoms. The Morgan fingerprint density at radius 2 is 2.35 bits per heavy atom.